The Morgan fingerprint density at radius 1 is 1.28 bits per heavy atom. The van der Waals surface area contributed by atoms with Crippen LogP contribution in [-0.2, 0) is 15.8 Å². The molecule has 0 bridgehead atoms. The van der Waals surface area contributed by atoms with Crippen molar-refractivity contribution in [2.45, 2.75) is 32.5 Å². The summed E-state index contributed by atoms with van der Waals surface area (Å²) < 4.78 is 53.5. The summed E-state index contributed by atoms with van der Waals surface area (Å²) >= 11 is 5.79. The van der Waals surface area contributed by atoms with Crippen molar-refractivity contribution in [2.75, 3.05) is 23.4 Å². The zero-order valence-corrected chi connectivity index (χ0v) is 18.1. The van der Waals surface area contributed by atoms with Crippen molar-refractivity contribution in [3.63, 3.8) is 0 Å². The van der Waals surface area contributed by atoms with E-state index in [2.05, 4.69) is 4.98 Å². The first-order valence-electron chi connectivity index (χ1n) is 9.51. The lowest BCUT2D eigenvalue weighted by atomic mass is 9.88. The number of carbonyl (C=O) groups is 2. The average molecular weight is 474 g/mol. The van der Waals surface area contributed by atoms with Crippen LogP contribution in [0, 0.1) is 18.2 Å². The maximum absolute atomic E-state index is 13.5. The molecular formula is C21H20ClF4N3O3. The average Bonchev–Trinajstić information content (AvgIpc) is 3.07. The van der Waals surface area contributed by atoms with Crippen molar-refractivity contribution in [1.29, 1.82) is 0 Å². The molecule has 172 valence electrons. The Labute approximate surface area is 186 Å². The number of carboxylic acid groups (broad SMARTS) is 1. The smallest absolute Gasteiger partial charge is 0.416 e. The lowest BCUT2D eigenvalue weighted by Crippen LogP contribution is -2.44. The van der Waals surface area contributed by atoms with Crippen molar-refractivity contribution in [3.8, 4) is 0 Å². The van der Waals surface area contributed by atoms with E-state index in [9.17, 15) is 32.3 Å². The second-order valence-electron chi connectivity index (χ2n) is 8.06. The first-order valence-corrected chi connectivity index (χ1v) is 9.89. The van der Waals surface area contributed by atoms with Crippen LogP contribution >= 0.6 is 11.6 Å². The van der Waals surface area contributed by atoms with Crippen molar-refractivity contribution >= 4 is 35.0 Å². The van der Waals surface area contributed by atoms with Gasteiger partial charge in [-0.3, -0.25) is 9.59 Å². The molecule has 3 rings (SSSR count). The molecule has 32 heavy (non-hydrogen) atoms. The number of carboxylic acids is 1. The summed E-state index contributed by atoms with van der Waals surface area (Å²) in [6.07, 6.45) is -4.79. The number of halogens is 5. The number of likely N-dealkylation sites (N-methyl/N-ethyl adjacent to an activating group) is 1. The molecular weight excluding hydrogens is 454 g/mol. The lowest BCUT2D eigenvalue weighted by molar-refractivity contribution is -0.146. The topological polar surface area (TPSA) is 73.7 Å². The molecule has 0 spiro atoms. The van der Waals surface area contributed by atoms with Crippen LogP contribution in [-0.4, -0.2) is 41.6 Å². The second kappa shape index (κ2) is 8.23. The number of hydrogen-bond donors (Lipinski definition) is 1. The second-order valence-corrected chi connectivity index (χ2v) is 8.47. The fourth-order valence-electron chi connectivity index (χ4n) is 3.71. The third-order valence-electron chi connectivity index (χ3n) is 5.52. The largest absolute Gasteiger partial charge is 0.481 e. The van der Waals surface area contributed by atoms with Gasteiger partial charge in [0.25, 0.3) is 0 Å². The lowest BCUT2D eigenvalue weighted by Gasteiger charge is -2.29. The Morgan fingerprint density at radius 2 is 1.94 bits per heavy atom. The predicted octanol–water partition coefficient (Wildman–Crippen LogP) is 4.53. The summed E-state index contributed by atoms with van der Waals surface area (Å²) in [7, 11) is 1.39. The van der Waals surface area contributed by atoms with E-state index in [0.717, 1.165) is 23.1 Å². The predicted molar refractivity (Wildman–Crippen MR) is 110 cm³/mol. The van der Waals surface area contributed by atoms with Crippen LogP contribution in [0.15, 0.2) is 30.3 Å². The molecule has 1 saturated heterocycles. The minimum atomic E-state index is -4.64. The Bertz CT molecular complexity index is 1080. The molecule has 1 amide bonds. The number of hydrogen-bond acceptors (Lipinski definition) is 4. The van der Waals surface area contributed by atoms with Crippen molar-refractivity contribution in [3.05, 3.63) is 52.4 Å². The number of benzene rings is 1. The number of aryl methyl sites for hydroxylation is 1. The number of pyridine rings is 1. The SMILES string of the molecule is Cc1cc(C(F)(F)F)cc(N2CC(C)(C(=O)O)CC2C(=O)N(C)c2ccc(F)c(Cl)c2)n1. The van der Waals surface area contributed by atoms with Crippen molar-refractivity contribution in [1.82, 2.24) is 4.98 Å². The molecule has 2 atom stereocenters. The minimum Gasteiger partial charge on any atom is -0.481 e. The summed E-state index contributed by atoms with van der Waals surface area (Å²) in [6.45, 7) is 2.59. The molecule has 2 aromatic rings. The van der Waals surface area contributed by atoms with E-state index in [1.54, 1.807) is 0 Å². The molecule has 2 unspecified atom stereocenters. The van der Waals surface area contributed by atoms with Gasteiger partial charge in [0.05, 0.1) is 16.0 Å². The third-order valence-corrected chi connectivity index (χ3v) is 5.81. The molecule has 2 heterocycles. The Hall–Kier alpha value is -2.88. The van der Waals surface area contributed by atoms with Gasteiger partial charge < -0.3 is 14.9 Å². The van der Waals surface area contributed by atoms with E-state index in [4.69, 9.17) is 11.6 Å². The fraction of sp³-hybridized carbons (Fsp3) is 0.381. The molecule has 1 aliphatic rings. The van der Waals surface area contributed by atoms with Crippen molar-refractivity contribution < 1.29 is 32.3 Å². The minimum absolute atomic E-state index is 0.0728. The van der Waals surface area contributed by atoms with Gasteiger partial charge in [0.2, 0.25) is 5.91 Å². The molecule has 1 aromatic carbocycles. The van der Waals surface area contributed by atoms with E-state index in [0.29, 0.717) is 0 Å². The van der Waals surface area contributed by atoms with Crippen LogP contribution in [0.4, 0.5) is 29.1 Å². The maximum Gasteiger partial charge on any atom is 0.416 e. The number of aromatic nitrogens is 1. The van der Waals surface area contributed by atoms with Gasteiger partial charge in [-0.2, -0.15) is 13.2 Å². The number of nitrogens with zero attached hydrogens (tertiary/aromatic N) is 3. The number of carbonyl (C=O) groups excluding carboxylic acids is 1. The third kappa shape index (κ3) is 4.50. The van der Waals surface area contributed by atoms with E-state index < -0.39 is 40.9 Å². The number of alkyl halides is 3. The molecule has 0 saturated carbocycles. The highest BCUT2D eigenvalue weighted by molar-refractivity contribution is 6.31. The Balaban J connectivity index is 2.04. The zero-order chi connectivity index (χ0) is 24.0. The van der Waals surface area contributed by atoms with Crippen LogP contribution in [0.5, 0.6) is 0 Å². The first kappa shape index (κ1) is 23.8. The molecule has 1 N–H and O–H groups in total. The zero-order valence-electron chi connectivity index (χ0n) is 17.4. The Morgan fingerprint density at radius 3 is 2.50 bits per heavy atom. The Kier molecular flexibility index (Phi) is 6.12. The van der Waals surface area contributed by atoms with Gasteiger partial charge in [0.1, 0.15) is 17.7 Å². The maximum atomic E-state index is 13.5. The van der Waals surface area contributed by atoms with Crippen molar-refractivity contribution in [2.24, 2.45) is 5.41 Å². The summed E-state index contributed by atoms with van der Waals surface area (Å²) in [5, 5.41) is 9.47. The molecule has 1 aliphatic heterocycles. The molecule has 0 aliphatic carbocycles. The van der Waals surface area contributed by atoms with Gasteiger partial charge in [-0.15, -0.1) is 0 Å². The highest BCUT2D eigenvalue weighted by Gasteiger charge is 2.50. The highest BCUT2D eigenvalue weighted by Crippen LogP contribution is 2.40. The quantitative estimate of drug-likeness (QED) is 0.660. The first-order chi connectivity index (χ1) is 14.7. The van der Waals surface area contributed by atoms with Crippen LogP contribution in [0.3, 0.4) is 0 Å². The molecule has 0 radical (unpaired) electrons. The summed E-state index contributed by atoms with van der Waals surface area (Å²) in [5.41, 5.74) is -2.03. The summed E-state index contributed by atoms with van der Waals surface area (Å²) in [6, 6.07) is 4.20. The van der Waals surface area contributed by atoms with Gasteiger partial charge in [-0.1, -0.05) is 11.6 Å². The normalized spacial score (nSPS) is 21.0. The molecule has 1 aromatic heterocycles. The van der Waals surface area contributed by atoms with Gasteiger partial charge in [-0.05, 0) is 50.6 Å². The number of anilines is 2. The van der Waals surface area contributed by atoms with E-state index in [1.807, 2.05) is 0 Å². The monoisotopic (exact) mass is 473 g/mol. The highest BCUT2D eigenvalue weighted by atomic mass is 35.5. The van der Waals surface area contributed by atoms with Crippen LogP contribution < -0.4 is 9.80 Å². The van der Waals surface area contributed by atoms with Gasteiger partial charge >= 0.3 is 12.1 Å². The molecule has 1 fully saturated rings. The summed E-state index contributed by atoms with van der Waals surface area (Å²) in [5.74, 6) is -2.60. The van der Waals surface area contributed by atoms with Crippen LogP contribution in [0.2, 0.25) is 5.02 Å². The van der Waals surface area contributed by atoms with E-state index >= 15 is 0 Å². The number of amides is 1. The van der Waals surface area contributed by atoms with Gasteiger partial charge in [0.15, 0.2) is 0 Å². The summed E-state index contributed by atoms with van der Waals surface area (Å²) in [4.78, 5) is 31.8. The van der Waals surface area contributed by atoms with Gasteiger partial charge in [0, 0.05) is 25.0 Å². The van der Waals surface area contributed by atoms with Gasteiger partial charge in [-0.25, -0.2) is 9.37 Å². The standard InChI is InChI=1S/C21H20ClF4N3O3/c1-11-6-12(21(24,25)26)7-17(27-11)29-10-20(2,19(31)32)9-16(29)18(30)28(3)13-4-5-15(23)14(22)8-13/h4-8,16H,9-10H2,1-3H3,(H,31,32). The number of aliphatic carboxylic acids is 1. The fourth-order valence-corrected chi connectivity index (χ4v) is 3.88. The molecule has 6 nitrogen and oxygen atoms in total. The van der Waals surface area contributed by atoms with Crippen LogP contribution in [0.25, 0.3) is 0 Å². The number of rotatable bonds is 4. The van der Waals surface area contributed by atoms with E-state index in [1.165, 1.54) is 37.9 Å². The molecule has 11 heteroatoms. The van der Waals surface area contributed by atoms with E-state index in [-0.39, 0.29) is 35.2 Å². The van der Waals surface area contributed by atoms with Crippen LogP contribution in [0.1, 0.15) is 24.6 Å².